The molecule has 3 nitrogen and oxygen atoms in total. The summed E-state index contributed by atoms with van der Waals surface area (Å²) in [6, 6.07) is 6.54. The average Bonchev–Trinajstić information content (AvgIpc) is 2.72. The third-order valence-corrected chi connectivity index (χ3v) is 4.74. The zero-order valence-electron chi connectivity index (χ0n) is 12.7. The van der Waals surface area contributed by atoms with Gasteiger partial charge in [-0.3, -0.25) is 10.1 Å². The molecule has 1 aromatic rings. The van der Waals surface area contributed by atoms with Gasteiger partial charge in [-0.2, -0.15) is 0 Å². The van der Waals surface area contributed by atoms with E-state index in [1.165, 1.54) is 25.3 Å². The van der Waals surface area contributed by atoms with Gasteiger partial charge < -0.3 is 4.90 Å². The highest BCUT2D eigenvalue weighted by Crippen LogP contribution is 2.34. The first-order valence-electron chi connectivity index (χ1n) is 7.89. The highest BCUT2D eigenvalue weighted by atomic mass is 19.1. The Morgan fingerprint density at radius 2 is 2.05 bits per heavy atom. The number of hydrogen-bond acceptors (Lipinski definition) is 2. The lowest BCUT2D eigenvalue weighted by atomic mass is 9.85. The van der Waals surface area contributed by atoms with Gasteiger partial charge in [-0.1, -0.05) is 38.5 Å². The fourth-order valence-corrected chi connectivity index (χ4v) is 3.22. The van der Waals surface area contributed by atoms with E-state index in [-0.39, 0.29) is 29.8 Å². The Bertz CT molecular complexity index is 527. The normalized spacial score (nSPS) is 26.5. The maximum atomic E-state index is 14.1. The first-order chi connectivity index (χ1) is 10.1. The van der Waals surface area contributed by atoms with Crippen molar-refractivity contribution in [1.82, 2.24) is 10.2 Å². The number of hydrogen-bond donors (Lipinski definition) is 1. The standard InChI is InChI=1S/C17H23FN2O/c1-11(2)15-17(21)20(10-12-6-5-7-12)16(19-15)13-8-3-4-9-14(13)18/h3-4,8-9,11-12,15-16,19H,5-7,10H2,1-2H3. The molecule has 1 aliphatic heterocycles. The second kappa shape index (κ2) is 5.76. The van der Waals surface area contributed by atoms with Crippen LogP contribution in [0.4, 0.5) is 4.39 Å². The van der Waals surface area contributed by atoms with Gasteiger partial charge in [-0.05, 0) is 30.7 Å². The Labute approximate surface area is 125 Å². The highest BCUT2D eigenvalue weighted by molar-refractivity contribution is 5.84. The fraction of sp³-hybridized carbons (Fsp3) is 0.588. The molecule has 2 atom stereocenters. The number of nitrogens with one attached hydrogen (secondary N) is 1. The average molecular weight is 290 g/mol. The van der Waals surface area contributed by atoms with Crippen molar-refractivity contribution in [2.75, 3.05) is 6.54 Å². The Morgan fingerprint density at radius 3 is 2.62 bits per heavy atom. The largest absolute Gasteiger partial charge is 0.321 e. The van der Waals surface area contributed by atoms with E-state index in [0.717, 1.165) is 6.54 Å². The lowest BCUT2D eigenvalue weighted by molar-refractivity contribution is -0.131. The molecule has 2 fully saturated rings. The van der Waals surface area contributed by atoms with E-state index in [1.807, 2.05) is 24.8 Å². The molecule has 114 valence electrons. The molecular weight excluding hydrogens is 267 g/mol. The van der Waals surface area contributed by atoms with Crippen LogP contribution in [0, 0.1) is 17.7 Å². The molecule has 3 rings (SSSR count). The summed E-state index contributed by atoms with van der Waals surface area (Å²) >= 11 is 0. The number of rotatable bonds is 4. The first kappa shape index (κ1) is 14.5. The molecule has 0 radical (unpaired) electrons. The monoisotopic (exact) mass is 290 g/mol. The third-order valence-electron chi connectivity index (χ3n) is 4.74. The SMILES string of the molecule is CC(C)C1NC(c2ccccc2F)N(CC2CCC2)C1=O. The van der Waals surface area contributed by atoms with Gasteiger partial charge in [0.25, 0.3) is 0 Å². The van der Waals surface area contributed by atoms with Crippen LogP contribution in [0.5, 0.6) is 0 Å². The zero-order chi connectivity index (χ0) is 15.0. The van der Waals surface area contributed by atoms with Gasteiger partial charge in [0.1, 0.15) is 12.0 Å². The Morgan fingerprint density at radius 1 is 1.33 bits per heavy atom. The van der Waals surface area contributed by atoms with Crippen molar-refractivity contribution >= 4 is 5.91 Å². The minimum atomic E-state index is -0.327. The van der Waals surface area contributed by atoms with Crippen molar-refractivity contribution in [1.29, 1.82) is 0 Å². The fourth-order valence-electron chi connectivity index (χ4n) is 3.22. The molecule has 1 amide bonds. The van der Waals surface area contributed by atoms with E-state index in [2.05, 4.69) is 5.32 Å². The van der Waals surface area contributed by atoms with Gasteiger partial charge in [0.2, 0.25) is 5.91 Å². The van der Waals surface area contributed by atoms with Crippen molar-refractivity contribution in [2.45, 2.75) is 45.3 Å². The van der Waals surface area contributed by atoms with Crippen LogP contribution in [-0.4, -0.2) is 23.4 Å². The van der Waals surface area contributed by atoms with Gasteiger partial charge in [-0.25, -0.2) is 4.39 Å². The summed E-state index contributed by atoms with van der Waals surface area (Å²) in [6.07, 6.45) is 3.28. The number of carbonyl (C=O) groups is 1. The van der Waals surface area contributed by atoms with Crippen LogP contribution in [0.3, 0.4) is 0 Å². The molecule has 0 aromatic heterocycles. The molecule has 1 aliphatic carbocycles. The molecule has 1 aromatic carbocycles. The van der Waals surface area contributed by atoms with Crippen molar-refractivity contribution in [3.63, 3.8) is 0 Å². The van der Waals surface area contributed by atoms with Gasteiger partial charge in [-0.15, -0.1) is 0 Å². The van der Waals surface area contributed by atoms with E-state index in [4.69, 9.17) is 0 Å². The Hall–Kier alpha value is -1.42. The zero-order valence-corrected chi connectivity index (χ0v) is 12.7. The van der Waals surface area contributed by atoms with Crippen LogP contribution in [0.25, 0.3) is 0 Å². The summed E-state index contributed by atoms with van der Waals surface area (Å²) in [5.74, 6) is 0.657. The third kappa shape index (κ3) is 2.69. The molecule has 4 heteroatoms. The van der Waals surface area contributed by atoms with Crippen molar-refractivity contribution < 1.29 is 9.18 Å². The van der Waals surface area contributed by atoms with Gasteiger partial charge in [0, 0.05) is 12.1 Å². The summed E-state index contributed by atoms with van der Waals surface area (Å²) in [6.45, 7) is 4.80. The number of benzene rings is 1. The molecule has 1 saturated carbocycles. The van der Waals surface area contributed by atoms with E-state index < -0.39 is 0 Å². The maximum absolute atomic E-state index is 14.1. The lowest BCUT2D eigenvalue weighted by Gasteiger charge is -2.33. The van der Waals surface area contributed by atoms with Gasteiger partial charge >= 0.3 is 0 Å². The molecular formula is C17H23FN2O. The van der Waals surface area contributed by atoms with E-state index >= 15 is 0 Å². The first-order valence-corrected chi connectivity index (χ1v) is 7.89. The quantitative estimate of drug-likeness (QED) is 0.924. The molecule has 0 bridgehead atoms. The summed E-state index contributed by atoms with van der Waals surface area (Å²) in [4.78, 5) is 14.5. The number of nitrogens with zero attached hydrogens (tertiary/aromatic N) is 1. The number of halogens is 1. The number of carbonyl (C=O) groups excluding carboxylic acids is 1. The molecule has 21 heavy (non-hydrogen) atoms. The number of amides is 1. The van der Waals surface area contributed by atoms with Crippen LogP contribution >= 0.6 is 0 Å². The van der Waals surface area contributed by atoms with Gasteiger partial charge in [0.05, 0.1) is 6.04 Å². The molecule has 2 unspecified atom stereocenters. The van der Waals surface area contributed by atoms with E-state index in [0.29, 0.717) is 11.5 Å². The van der Waals surface area contributed by atoms with Crippen molar-refractivity contribution in [3.8, 4) is 0 Å². The predicted molar refractivity (Wildman–Crippen MR) is 80.0 cm³/mol. The maximum Gasteiger partial charge on any atom is 0.241 e. The molecule has 1 saturated heterocycles. The second-order valence-corrected chi connectivity index (χ2v) is 6.60. The Balaban J connectivity index is 1.88. The molecule has 0 spiro atoms. The second-order valence-electron chi connectivity index (χ2n) is 6.60. The molecule has 1 heterocycles. The van der Waals surface area contributed by atoms with Crippen LogP contribution in [0.2, 0.25) is 0 Å². The Kier molecular flexibility index (Phi) is 3.98. The van der Waals surface area contributed by atoms with Crippen molar-refractivity contribution in [3.05, 3.63) is 35.6 Å². The predicted octanol–water partition coefficient (Wildman–Crippen LogP) is 3.08. The summed E-state index contributed by atoms with van der Waals surface area (Å²) in [7, 11) is 0. The summed E-state index contributed by atoms with van der Waals surface area (Å²) in [5.41, 5.74) is 0.577. The summed E-state index contributed by atoms with van der Waals surface area (Å²) < 4.78 is 14.1. The highest BCUT2D eigenvalue weighted by Gasteiger charge is 2.42. The van der Waals surface area contributed by atoms with Crippen LogP contribution < -0.4 is 5.32 Å². The van der Waals surface area contributed by atoms with Gasteiger partial charge in [0.15, 0.2) is 0 Å². The smallest absolute Gasteiger partial charge is 0.241 e. The van der Waals surface area contributed by atoms with Crippen LogP contribution in [0.15, 0.2) is 24.3 Å². The summed E-state index contributed by atoms with van der Waals surface area (Å²) in [5, 5.41) is 3.34. The molecule has 2 aliphatic rings. The minimum Gasteiger partial charge on any atom is -0.321 e. The minimum absolute atomic E-state index is 0.116. The lowest BCUT2D eigenvalue weighted by Crippen LogP contribution is -2.38. The topological polar surface area (TPSA) is 32.3 Å². The van der Waals surface area contributed by atoms with E-state index in [9.17, 15) is 9.18 Å². The van der Waals surface area contributed by atoms with Crippen LogP contribution in [-0.2, 0) is 4.79 Å². The molecule has 1 N–H and O–H groups in total. The van der Waals surface area contributed by atoms with E-state index in [1.54, 1.807) is 12.1 Å². The van der Waals surface area contributed by atoms with Crippen molar-refractivity contribution in [2.24, 2.45) is 11.8 Å². The van der Waals surface area contributed by atoms with Crippen LogP contribution in [0.1, 0.15) is 44.8 Å².